The van der Waals surface area contributed by atoms with Crippen LogP contribution < -0.4 is 31.5 Å². The number of nitrogens with zero attached hydrogens (tertiary/aromatic N) is 4. The van der Waals surface area contributed by atoms with Crippen LogP contribution in [0.4, 0.5) is 45.5 Å². The molecule has 22 aromatic rings. The SMILES string of the molecule is [2H]c1cc(C(c2ccc(B3c4ccc(N(c5cc([2H])c([2H])c([2H])c5[2H])c5cc([2H])c(-n6c7c([2H])c([2H])c([2H])c([2H])c7c7c([2H])c([2H])c([2H])c([2H])c76)c([2H])c5[2H])cc4N(c4c(-c5ccccc5)cc(C(C)(C)C)cc4-c4cccc(-c5ccc6sc7ccccc7c6c5)c4)c4cc(C(C)(C)C)ccc43)c(Nc3c(-c4ccccc4)cc(C(C)(C)C)cc3-c3ccccc3)c2)c2cc([2H])c(-n3c4c([2H])c([2H])c([2H])c([2H])c4c4c([2H])c([2H])c([2H])c([2H])c43)c(C)c2[2H])c([2H])c([2H])c1[2H]. The molecule has 1 aliphatic heterocycles. The van der Waals surface area contributed by atoms with Gasteiger partial charge in [-0.3, -0.25) is 0 Å². The summed E-state index contributed by atoms with van der Waals surface area (Å²) in [6, 6.07) is 65.1. The average molecular weight is 1780 g/mol. The van der Waals surface area contributed by atoms with Crippen LogP contribution >= 0.6 is 11.3 Å². The number of thiophene rings is 1. The van der Waals surface area contributed by atoms with E-state index in [0.717, 1.165) is 97.1 Å². The van der Waals surface area contributed by atoms with Gasteiger partial charge in [0.1, 0.15) is 0 Å². The molecule has 0 saturated carbocycles. The zero-order valence-electron chi connectivity index (χ0n) is 105. The maximum absolute atomic E-state index is 10.9. The van der Waals surface area contributed by atoms with E-state index in [-0.39, 0.29) is 83.6 Å². The Morgan fingerprint density at radius 2 is 0.830 bits per heavy atom. The predicted molar refractivity (Wildman–Crippen MR) is 580 cm³/mol. The van der Waals surface area contributed by atoms with E-state index >= 15 is 0 Å². The summed E-state index contributed by atoms with van der Waals surface area (Å²) in [4.78, 5) is 3.59. The molecule has 1 unspecified atom stereocenters. The lowest BCUT2D eigenvalue weighted by atomic mass is 9.34. The normalized spacial score (nSPS) is 15.6. The summed E-state index contributed by atoms with van der Waals surface area (Å²) in [5.74, 6) is -1.50. The Balaban J connectivity index is 0.869. The lowest BCUT2D eigenvalue weighted by Gasteiger charge is -2.41. The van der Waals surface area contributed by atoms with Gasteiger partial charge in [-0.2, -0.15) is 0 Å². The first-order valence-corrected chi connectivity index (χ1v) is 45.8. The molecule has 4 heterocycles. The molecule has 1 N–H and O–H groups in total. The molecule has 0 amide bonds. The van der Waals surface area contributed by atoms with Crippen LogP contribution in [0.5, 0.6) is 0 Å². The van der Waals surface area contributed by atoms with Gasteiger partial charge in [-0.15, -0.1) is 11.3 Å². The summed E-state index contributed by atoms with van der Waals surface area (Å²) in [5.41, 5.74) is 10.2. The Bertz CT molecular complexity index is 10100. The molecule has 1 aliphatic rings. The topological polar surface area (TPSA) is 28.4 Å². The van der Waals surface area contributed by atoms with Crippen LogP contribution in [0.15, 0.2) is 436 Å². The molecule has 650 valence electrons. The average Bonchev–Trinajstić information content (AvgIpc) is 1.66. The Morgan fingerprint density at radius 1 is 0.319 bits per heavy atom. The summed E-state index contributed by atoms with van der Waals surface area (Å²) >= 11 is 1.71. The third-order valence-corrected chi connectivity index (χ3v) is 27.2. The van der Waals surface area contributed by atoms with Crippen LogP contribution in [0.1, 0.15) is 147 Å². The number of nitrogens with one attached hydrogen (secondary N) is 1. The molecular weight excluding hydrogens is 1650 g/mol. The first-order valence-electron chi connectivity index (χ1n) is 59.5. The van der Waals surface area contributed by atoms with Crippen LogP contribution in [-0.4, -0.2) is 15.8 Å². The molecule has 0 spiro atoms. The third-order valence-electron chi connectivity index (χ3n) is 26.0. The fourth-order valence-electron chi connectivity index (χ4n) is 19.3. The molecule has 19 aromatic carbocycles. The van der Waals surface area contributed by atoms with Crippen molar-refractivity contribution in [2.75, 3.05) is 15.1 Å². The van der Waals surface area contributed by atoms with Crippen molar-refractivity contribution in [3.8, 4) is 67.0 Å². The lowest BCUT2D eigenvalue weighted by molar-refractivity contribution is 0.590. The first kappa shape index (κ1) is 57.7. The summed E-state index contributed by atoms with van der Waals surface area (Å²) in [5, 5.41) is 5.12. The van der Waals surface area contributed by atoms with Gasteiger partial charge in [0, 0.05) is 115 Å². The quantitative estimate of drug-likeness (QED) is 0.0727. The molecule has 135 heavy (non-hydrogen) atoms. The van der Waals surface area contributed by atoms with E-state index < -0.39 is 215 Å². The van der Waals surface area contributed by atoms with Gasteiger partial charge in [0.25, 0.3) is 0 Å². The van der Waals surface area contributed by atoms with Crippen LogP contribution in [0, 0.1) is 6.92 Å². The van der Waals surface area contributed by atoms with E-state index in [2.05, 4.69) is 176 Å². The molecule has 0 fully saturated rings. The van der Waals surface area contributed by atoms with E-state index in [9.17, 15) is 28.8 Å². The number of benzene rings is 19. The minimum absolute atomic E-state index is 0.0164. The third kappa shape index (κ3) is 15.1. The zero-order valence-corrected chi connectivity index (χ0v) is 76.5. The number of anilines is 8. The van der Waals surface area contributed by atoms with Crippen LogP contribution in [0.2, 0.25) is 0 Å². The number of para-hydroxylation sites is 5. The van der Waals surface area contributed by atoms with Crippen molar-refractivity contribution in [2.24, 2.45) is 0 Å². The first-order chi connectivity index (χ1) is 77.8. The maximum atomic E-state index is 10.9. The highest BCUT2D eigenvalue weighted by molar-refractivity contribution is 7.25. The molecule has 0 saturated heterocycles. The Labute approximate surface area is 837 Å². The summed E-state index contributed by atoms with van der Waals surface area (Å²) in [7, 11) is 0. The predicted octanol–water partition coefficient (Wildman–Crippen LogP) is 33.5. The van der Waals surface area contributed by atoms with Crippen molar-refractivity contribution >= 4 is 144 Å². The monoisotopic (exact) mass is 1780 g/mol. The van der Waals surface area contributed by atoms with Crippen molar-refractivity contribution < 1.29 is 39.8 Å². The Hall–Kier alpha value is -15.5. The highest BCUT2D eigenvalue weighted by Gasteiger charge is 2.41. The van der Waals surface area contributed by atoms with Gasteiger partial charge in [-0.1, -0.05) is 359 Å². The number of fused-ring (bicyclic) bond motifs is 11. The van der Waals surface area contributed by atoms with Gasteiger partial charge in [0.2, 0.25) is 6.71 Å². The minimum Gasteiger partial charge on any atom is -0.355 e. The fraction of sp³-hybridized carbons (Fsp3) is 0.109. The van der Waals surface area contributed by atoms with Crippen molar-refractivity contribution in [1.82, 2.24) is 9.13 Å². The standard InChI is InChI=1S/C128H104BN5S/c1-83-73-91(60-71-114(83)133-117-56-33-28-51-102(117)103-52-29-34-57-118(103)133)123(87-43-22-14-23-44-87)92-59-68-110(113(76-92)130-124-105(84-37-16-11-17-38-84)77-94(127(5,6)7)78-106(124)85-39-18-12-19-40-85)129-111-69-62-93(126(2,3)4)81-119(111)134(120-82-99(67-70-112(120)129)131(96-47-24-15-25-48-96)97-63-65-98(66-64-97)132-115-54-31-26-49-100(115)101-50-27-32-55-116(101)132)125-107(86-41-20-13-21-42-86)79-95(128(8,9)10)80-108(125)90-46-36-45-88(74-90)89-61-72-122-109(75-89)104-53-30-35-58-121(104)135-122/h11-82,123,130H,1-10H3/i14D,15D,22D,23D,24D,25D,26D,27D,28D,29D,31D,32D,33D,34D,43D,47D,49D,50D,51D,52D,54D,55D,56D,57D,63D,65D,66D,71D,73D. The molecule has 3 aromatic heterocycles. The van der Waals surface area contributed by atoms with Crippen LogP contribution in [0.3, 0.4) is 0 Å². The van der Waals surface area contributed by atoms with E-state index in [1.807, 2.05) is 127 Å². The smallest absolute Gasteiger partial charge is 0.249 e. The number of aromatic nitrogens is 2. The molecule has 23 rings (SSSR count). The minimum atomic E-state index is -1.50. The van der Waals surface area contributed by atoms with E-state index in [4.69, 9.17) is 11.0 Å². The van der Waals surface area contributed by atoms with Crippen LogP contribution in [0.25, 0.3) is 131 Å². The number of hydrogen-bond acceptors (Lipinski definition) is 4. The second kappa shape index (κ2) is 33.6. The van der Waals surface area contributed by atoms with Gasteiger partial charge in [-0.05, 0) is 251 Å². The van der Waals surface area contributed by atoms with Crippen molar-refractivity contribution in [1.29, 1.82) is 0 Å². The van der Waals surface area contributed by atoms with Gasteiger partial charge in [0.15, 0.2) is 0 Å². The Kier molecular flexibility index (Phi) is 14.4. The van der Waals surface area contributed by atoms with Crippen LogP contribution in [-0.2, 0) is 16.2 Å². The molecular formula is C128H104BN5S. The largest absolute Gasteiger partial charge is 0.355 e. The molecule has 0 bridgehead atoms. The second-order valence-corrected chi connectivity index (χ2v) is 38.6. The fourth-order valence-corrected chi connectivity index (χ4v) is 20.4. The van der Waals surface area contributed by atoms with E-state index in [0.29, 0.717) is 44.8 Å². The second-order valence-electron chi connectivity index (χ2n) is 37.5. The number of rotatable bonds is 17. The van der Waals surface area contributed by atoms with E-state index in [1.54, 1.807) is 17.4 Å². The molecule has 7 heteroatoms. The van der Waals surface area contributed by atoms with E-state index in [1.165, 1.54) is 40.7 Å². The summed E-state index contributed by atoms with van der Waals surface area (Å²) in [6.07, 6.45) is 0. The van der Waals surface area contributed by atoms with Gasteiger partial charge in [0.05, 0.1) is 73.2 Å². The summed E-state index contributed by atoms with van der Waals surface area (Å²) in [6.45, 7) is 19.6. The highest BCUT2D eigenvalue weighted by Crippen LogP contribution is 2.54. The number of hydrogen-bond donors (Lipinski definition) is 1. The van der Waals surface area contributed by atoms with Gasteiger partial charge in [-0.25, -0.2) is 0 Å². The molecule has 5 nitrogen and oxygen atoms in total. The van der Waals surface area contributed by atoms with Gasteiger partial charge < -0.3 is 24.3 Å². The summed E-state index contributed by atoms with van der Waals surface area (Å²) < 4.78 is 284. The molecule has 0 aliphatic carbocycles. The van der Waals surface area contributed by atoms with Gasteiger partial charge >= 0.3 is 0 Å². The maximum Gasteiger partial charge on any atom is 0.249 e. The van der Waals surface area contributed by atoms with Crippen molar-refractivity contribution in [3.05, 3.63) is 475 Å². The van der Waals surface area contributed by atoms with Crippen molar-refractivity contribution in [2.45, 2.75) is 91.4 Å². The molecule has 1 atom stereocenters. The Morgan fingerprint density at radius 3 is 1.47 bits per heavy atom. The zero-order chi connectivity index (χ0) is 117. The van der Waals surface area contributed by atoms with Crippen molar-refractivity contribution in [3.63, 3.8) is 0 Å². The highest BCUT2D eigenvalue weighted by atomic mass is 32.1. The lowest BCUT2D eigenvalue weighted by Crippen LogP contribution is -2.58. The molecule has 0 radical (unpaired) electrons.